The largest absolute Gasteiger partial charge is 0.482 e. The first-order valence-corrected chi connectivity index (χ1v) is 25.4. The summed E-state index contributed by atoms with van der Waals surface area (Å²) in [4.78, 5) is 67.7. The van der Waals surface area contributed by atoms with Crippen LogP contribution in [0.3, 0.4) is 0 Å². The number of carbonyl (C=O) groups is 4. The number of ether oxygens (including phenoxy) is 1. The Morgan fingerprint density at radius 2 is 1.62 bits per heavy atom. The predicted molar refractivity (Wildman–Crippen MR) is 275 cm³/mol. The number of aliphatic hydroxyl groups excluding tert-OH is 2. The highest BCUT2D eigenvalue weighted by Gasteiger charge is 2.45. The lowest BCUT2D eigenvalue weighted by Crippen LogP contribution is -2.58. The molecule has 2 aliphatic heterocycles. The van der Waals surface area contributed by atoms with Crippen molar-refractivity contribution in [3.63, 3.8) is 0 Å². The third-order valence-corrected chi connectivity index (χ3v) is 15.2. The normalized spacial score (nSPS) is 17.2. The predicted octanol–water partition coefficient (Wildman–Crippen LogP) is 6.36. The average Bonchev–Trinajstić information content (AvgIpc) is 4.13. The molecule has 0 aliphatic carbocycles. The van der Waals surface area contributed by atoms with Crippen molar-refractivity contribution in [1.82, 2.24) is 40.6 Å². The number of carbonyl (C=O) groups excluding carboxylic acids is 4. The number of hydrogen-bond donors (Lipinski definition) is 5. The first-order valence-electron chi connectivity index (χ1n) is 23.7. The Balaban J connectivity index is 0.938. The molecule has 5 atom stereocenters. The highest BCUT2D eigenvalue weighted by Crippen LogP contribution is 2.40. The minimum Gasteiger partial charge on any atom is -0.482 e. The van der Waals surface area contributed by atoms with Crippen molar-refractivity contribution >= 4 is 52.0 Å². The molecule has 2 aliphatic rings. The van der Waals surface area contributed by atoms with Gasteiger partial charge in [0.15, 0.2) is 12.4 Å². The van der Waals surface area contributed by atoms with Gasteiger partial charge in [-0.3, -0.25) is 28.7 Å². The molecule has 8 rings (SSSR count). The van der Waals surface area contributed by atoms with E-state index in [0.29, 0.717) is 17.4 Å². The molecule has 3 aromatic carbocycles. The van der Waals surface area contributed by atoms with E-state index < -0.39 is 54.0 Å². The molecule has 5 heterocycles. The van der Waals surface area contributed by atoms with Gasteiger partial charge in [-0.2, -0.15) is 5.26 Å². The van der Waals surface area contributed by atoms with E-state index in [0.717, 1.165) is 59.4 Å². The number of nitrogens with zero attached hydrogens (tertiary/aromatic N) is 7. The standard InChI is InChI=1S/C53H58N10O7S2/c1-28-31(4)72-52-45(28)46(58-40(23-43(66)55-19-20-64)49-61-60-32(5)63(49)52)35-13-11-34(12-14-35)37-17-18-42(38(21-37)24-54)70-26-44(67)59-48(53(6,7)8)51(69)62-25-39(65)22-41(62)50(68)57-29(2)33-9-15-36(16-10-33)47-30(3)56-27-71-47/h9-18,21,27,29,39-41,48,64-65H,19-20,22-23,25-26H2,1-8H3,(H,55,66)(H,57,68)(H,59,67)/t29-,39+,40-,41-,48?/m0/s1. The van der Waals surface area contributed by atoms with Gasteiger partial charge in [0.05, 0.1) is 52.5 Å². The molecule has 5 N–H and O–H groups in total. The molecule has 17 nitrogen and oxygen atoms in total. The van der Waals surface area contributed by atoms with Crippen LogP contribution in [0.25, 0.3) is 26.6 Å². The minimum atomic E-state index is -1.08. The number of aliphatic hydroxyl groups is 2. The zero-order chi connectivity index (χ0) is 51.6. The number of aliphatic imine (C=N–C) groups is 1. The number of amides is 4. The van der Waals surface area contributed by atoms with Crippen molar-refractivity contribution in [1.29, 1.82) is 5.26 Å². The van der Waals surface area contributed by atoms with Crippen LogP contribution in [0.5, 0.6) is 5.75 Å². The molecule has 1 unspecified atom stereocenters. The summed E-state index contributed by atoms with van der Waals surface area (Å²) in [6, 6.07) is 19.8. The fraction of sp³-hybridized carbons (Fsp3) is 0.377. The van der Waals surface area contributed by atoms with E-state index in [4.69, 9.17) is 9.73 Å². The van der Waals surface area contributed by atoms with Crippen LogP contribution in [0.15, 0.2) is 77.2 Å². The molecule has 19 heteroatoms. The Morgan fingerprint density at radius 3 is 2.29 bits per heavy atom. The summed E-state index contributed by atoms with van der Waals surface area (Å²) in [6.45, 7) is 14.6. The van der Waals surface area contributed by atoms with Crippen LogP contribution < -0.4 is 20.7 Å². The molecule has 0 saturated carbocycles. The molecule has 1 fully saturated rings. The van der Waals surface area contributed by atoms with Gasteiger partial charge < -0.3 is 35.8 Å². The summed E-state index contributed by atoms with van der Waals surface area (Å²) in [5.74, 6) is -0.401. The van der Waals surface area contributed by atoms with Crippen LogP contribution in [0.4, 0.5) is 0 Å². The first kappa shape index (κ1) is 51.3. The number of β-amino-alcohol motifs (C(OH)–C–C–N with tert-alkyl or cyclic N) is 1. The second-order valence-electron chi connectivity index (χ2n) is 19.2. The van der Waals surface area contributed by atoms with Crippen LogP contribution >= 0.6 is 22.7 Å². The fourth-order valence-corrected chi connectivity index (χ4v) is 11.1. The highest BCUT2D eigenvalue weighted by molar-refractivity contribution is 7.15. The number of aromatic nitrogens is 4. The second-order valence-corrected chi connectivity index (χ2v) is 21.3. The van der Waals surface area contributed by atoms with E-state index in [1.165, 1.54) is 4.90 Å². The number of nitrogens with one attached hydrogen (secondary N) is 3. The van der Waals surface area contributed by atoms with Gasteiger partial charge in [0.2, 0.25) is 17.7 Å². The zero-order valence-corrected chi connectivity index (χ0v) is 43.1. The zero-order valence-electron chi connectivity index (χ0n) is 41.4. The van der Waals surface area contributed by atoms with Crippen molar-refractivity contribution in [3.05, 3.63) is 122 Å². The van der Waals surface area contributed by atoms with Gasteiger partial charge in [-0.15, -0.1) is 32.9 Å². The van der Waals surface area contributed by atoms with Crippen LogP contribution in [-0.4, -0.2) is 109 Å². The average molecular weight is 1010 g/mol. The number of likely N-dealkylation sites (tertiary alicyclic amines) is 1. The van der Waals surface area contributed by atoms with E-state index in [2.05, 4.69) is 44.1 Å². The van der Waals surface area contributed by atoms with Gasteiger partial charge in [-0.25, -0.2) is 4.98 Å². The van der Waals surface area contributed by atoms with Crippen LogP contribution in [-0.2, 0) is 19.2 Å². The smallest absolute Gasteiger partial charge is 0.258 e. The van der Waals surface area contributed by atoms with E-state index in [-0.39, 0.29) is 55.8 Å². The van der Waals surface area contributed by atoms with Gasteiger partial charge in [-0.1, -0.05) is 75.4 Å². The molecule has 72 heavy (non-hydrogen) atoms. The Bertz CT molecular complexity index is 3090. The van der Waals surface area contributed by atoms with Crippen molar-refractivity contribution in [2.45, 2.75) is 98.5 Å². The minimum absolute atomic E-state index is 0.00527. The molecule has 0 spiro atoms. The van der Waals surface area contributed by atoms with Gasteiger partial charge in [0, 0.05) is 35.5 Å². The van der Waals surface area contributed by atoms with E-state index in [1.807, 2.05) is 80.8 Å². The maximum atomic E-state index is 14.3. The van der Waals surface area contributed by atoms with Crippen molar-refractivity contribution < 1.29 is 34.1 Å². The molecule has 374 valence electrons. The van der Waals surface area contributed by atoms with Crippen LogP contribution in [0, 0.1) is 44.4 Å². The third kappa shape index (κ3) is 10.7. The lowest BCUT2D eigenvalue weighted by atomic mass is 9.85. The summed E-state index contributed by atoms with van der Waals surface area (Å²) in [5, 5.41) is 48.6. The lowest BCUT2D eigenvalue weighted by molar-refractivity contribution is -0.144. The summed E-state index contributed by atoms with van der Waals surface area (Å²) in [7, 11) is 0. The van der Waals surface area contributed by atoms with Gasteiger partial charge in [0.25, 0.3) is 5.91 Å². The number of benzene rings is 3. The monoisotopic (exact) mass is 1010 g/mol. The molecule has 4 amide bonds. The summed E-state index contributed by atoms with van der Waals surface area (Å²) in [6.07, 6.45) is -0.883. The van der Waals surface area contributed by atoms with Crippen molar-refractivity contribution in [3.8, 4) is 38.4 Å². The molecule has 0 radical (unpaired) electrons. The fourth-order valence-electron chi connectivity index (χ4n) is 9.07. The van der Waals surface area contributed by atoms with E-state index >= 15 is 0 Å². The van der Waals surface area contributed by atoms with E-state index in [9.17, 15) is 34.7 Å². The second kappa shape index (κ2) is 21.3. The SMILES string of the molecule is Cc1ncsc1-c1ccc([C@H](C)NC(=O)[C@@H]2C[C@@H](O)CN2C(=O)C(NC(=O)COc2ccc(-c3ccc(C4=N[C@@H](CC(=O)NCCO)c5nnc(C)n5-c5sc(C)c(C)c54)cc3)cc2C#N)C(C)(C)C)cc1. The van der Waals surface area contributed by atoms with Gasteiger partial charge in [-0.05, 0) is 80.0 Å². The van der Waals surface area contributed by atoms with E-state index in [1.54, 1.807) is 67.2 Å². The molecule has 6 aromatic rings. The third-order valence-electron chi connectivity index (χ3n) is 13.1. The highest BCUT2D eigenvalue weighted by atomic mass is 32.1. The van der Waals surface area contributed by atoms with Crippen molar-refractivity contribution in [2.24, 2.45) is 10.4 Å². The topological polar surface area (TPSA) is 237 Å². The summed E-state index contributed by atoms with van der Waals surface area (Å²) in [5.41, 5.74) is 9.06. The van der Waals surface area contributed by atoms with Crippen LogP contribution in [0.2, 0.25) is 0 Å². The Kier molecular flexibility index (Phi) is 15.2. The lowest BCUT2D eigenvalue weighted by Gasteiger charge is -2.35. The first-order chi connectivity index (χ1) is 34.4. The number of nitriles is 1. The quantitative estimate of drug-likeness (QED) is 0.0759. The van der Waals surface area contributed by atoms with Gasteiger partial charge in [0.1, 0.15) is 40.8 Å². The molecule has 1 saturated heterocycles. The molecular formula is C53H58N10O7S2. The number of aryl methyl sites for hydroxylation is 3. The number of fused-ring (bicyclic) bond motifs is 3. The molecule has 3 aromatic heterocycles. The molecular weight excluding hydrogens is 953 g/mol. The maximum Gasteiger partial charge on any atom is 0.258 e. The number of thiophene rings is 1. The Labute approximate surface area is 426 Å². The Hall–Kier alpha value is -7.11. The summed E-state index contributed by atoms with van der Waals surface area (Å²) >= 11 is 3.17. The molecule has 0 bridgehead atoms. The Morgan fingerprint density at radius 1 is 0.931 bits per heavy atom. The maximum absolute atomic E-state index is 14.3. The number of hydrogen-bond acceptors (Lipinski definition) is 14. The number of thiazole rings is 1. The number of rotatable bonds is 15. The van der Waals surface area contributed by atoms with Crippen LogP contribution in [0.1, 0.15) is 103 Å². The van der Waals surface area contributed by atoms with Crippen molar-refractivity contribution in [2.75, 3.05) is 26.3 Å². The van der Waals surface area contributed by atoms with Gasteiger partial charge >= 0.3 is 0 Å². The summed E-state index contributed by atoms with van der Waals surface area (Å²) < 4.78 is 7.88.